The average molecular weight is 381 g/mol. The van der Waals surface area contributed by atoms with E-state index in [4.69, 9.17) is 4.42 Å². The molecule has 1 aliphatic heterocycles. The highest BCUT2D eigenvalue weighted by Crippen LogP contribution is 2.15. The quantitative estimate of drug-likeness (QED) is 0.828. The molecule has 8 heteroatoms. The van der Waals surface area contributed by atoms with Crippen molar-refractivity contribution in [2.45, 2.75) is 18.9 Å². The molecule has 2 heterocycles. The zero-order valence-electron chi connectivity index (χ0n) is 11.7. The summed E-state index contributed by atoms with van der Waals surface area (Å²) in [6, 6.07) is 3.37. The van der Waals surface area contributed by atoms with Crippen molar-refractivity contribution in [1.29, 1.82) is 0 Å². The Balaban J connectivity index is 0.00000220. The number of hydrogen-bond acceptors (Lipinski definition) is 4. The van der Waals surface area contributed by atoms with Crippen LogP contribution in [-0.4, -0.2) is 49.4 Å². The maximum atomic E-state index is 12.0. The molecular weight excluding hydrogens is 362 g/mol. The zero-order valence-corrected chi connectivity index (χ0v) is 14.1. The van der Waals surface area contributed by atoms with E-state index in [9.17, 15) is 9.59 Å². The van der Waals surface area contributed by atoms with Crippen LogP contribution in [-0.2, 0) is 4.79 Å². The highest BCUT2D eigenvalue weighted by molar-refractivity contribution is 9.10. The third kappa shape index (κ3) is 5.33. The molecule has 0 spiro atoms. The number of hydrogen-bond donors (Lipinski definition) is 2. The van der Waals surface area contributed by atoms with E-state index in [1.54, 1.807) is 19.2 Å². The van der Waals surface area contributed by atoms with Gasteiger partial charge in [0.1, 0.15) is 0 Å². The Morgan fingerprint density at radius 3 is 2.86 bits per heavy atom. The van der Waals surface area contributed by atoms with Crippen molar-refractivity contribution in [3.8, 4) is 0 Å². The van der Waals surface area contributed by atoms with E-state index >= 15 is 0 Å². The van der Waals surface area contributed by atoms with Gasteiger partial charge in [-0.15, -0.1) is 12.4 Å². The Morgan fingerprint density at radius 2 is 2.29 bits per heavy atom. The summed E-state index contributed by atoms with van der Waals surface area (Å²) in [5.41, 5.74) is 0. The number of piperidine rings is 1. The smallest absolute Gasteiger partial charge is 0.289 e. The standard InChI is InChI=1S/C13H18BrN3O3.ClH/c1-17(13(19)10-4-5-11(14)20-10)8-12(18)16-9-3-2-6-15-7-9;/h4-5,9,15H,2-3,6-8H2,1H3,(H,16,18);1H. The molecule has 1 aliphatic rings. The van der Waals surface area contributed by atoms with Gasteiger partial charge in [0.2, 0.25) is 5.91 Å². The third-order valence-electron chi connectivity index (χ3n) is 3.17. The lowest BCUT2D eigenvalue weighted by molar-refractivity contribution is -0.122. The second-order valence-electron chi connectivity index (χ2n) is 4.88. The van der Waals surface area contributed by atoms with Crippen LogP contribution >= 0.6 is 28.3 Å². The van der Waals surface area contributed by atoms with E-state index in [0.717, 1.165) is 25.9 Å². The van der Waals surface area contributed by atoms with E-state index in [2.05, 4.69) is 26.6 Å². The van der Waals surface area contributed by atoms with Gasteiger partial charge in [0.05, 0.1) is 6.54 Å². The fraction of sp³-hybridized carbons (Fsp3) is 0.538. The molecule has 2 N–H and O–H groups in total. The Kier molecular flexibility index (Phi) is 7.21. The summed E-state index contributed by atoms with van der Waals surface area (Å²) in [4.78, 5) is 25.2. The number of carbonyl (C=O) groups is 2. The van der Waals surface area contributed by atoms with Crippen molar-refractivity contribution in [1.82, 2.24) is 15.5 Å². The second kappa shape index (κ2) is 8.41. The van der Waals surface area contributed by atoms with Gasteiger partial charge in [-0.25, -0.2) is 0 Å². The summed E-state index contributed by atoms with van der Waals surface area (Å²) in [6.07, 6.45) is 2.03. The number of likely N-dealkylation sites (N-methyl/N-ethyl adjacent to an activating group) is 1. The molecule has 2 rings (SSSR count). The van der Waals surface area contributed by atoms with E-state index in [1.165, 1.54) is 4.90 Å². The predicted octanol–water partition coefficient (Wildman–Crippen LogP) is 1.40. The van der Waals surface area contributed by atoms with Gasteiger partial charge in [0, 0.05) is 19.6 Å². The van der Waals surface area contributed by atoms with E-state index in [0.29, 0.717) is 4.67 Å². The highest BCUT2D eigenvalue weighted by atomic mass is 79.9. The van der Waals surface area contributed by atoms with Crippen LogP contribution in [0.15, 0.2) is 21.2 Å². The largest absolute Gasteiger partial charge is 0.444 e. The molecular formula is C13H19BrClN3O3. The Bertz CT molecular complexity index is 489. The van der Waals surface area contributed by atoms with Crippen LogP contribution in [0.4, 0.5) is 0 Å². The molecule has 0 bridgehead atoms. The van der Waals surface area contributed by atoms with Crippen molar-refractivity contribution in [3.05, 3.63) is 22.6 Å². The van der Waals surface area contributed by atoms with Crippen molar-refractivity contribution in [2.75, 3.05) is 26.7 Å². The van der Waals surface area contributed by atoms with Crippen molar-refractivity contribution in [3.63, 3.8) is 0 Å². The normalized spacial score (nSPS) is 17.7. The number of nitrogens with zero attached hydrogens (tertiary/aromatic N) is 1. The molecule has 21 heavy (non-hydrogen) atoms. The lowest BCUT2D eigenvalue weighted by Crippen LogP contribution is -2.48. The van der Waals surface area contributed by atoms with Gasteiger partial charge < -0.3 is 20.0 Å². The number of halogens is 2. The molecule has 0 saturated carbocycles. The first-order valence-electron chi connectivity index (χ1n) is 6.57. The molecule has 1 aromatic heterocycles. The minimum atomic E-state index is -0.312. The lowest BCUT2D eigenvalue weighted by Gasteiger charge is -2.25. The third-order valence-corrected chi connectivity index (χ3v) is 3.60. The maximum Gasteiger partial charge on any atom is 0.289 e. The van der Waals surface area contributed by atoms with Gasteiger partial charge in [-0.05, 0) is 47.4 Å². The zero-order chi connectivity index (χ0) is 14.5. The number of nitrogens with one attached hydrogen (secondary N) is 2. The van der Waals surface area contributed by atoms with Gasteiger partial charge in [-0.3, -0.25) is 9.59 Å². The number of amides is 2. The first-order chi connectivity index (χ1) is 9.56. The summed E-state index contributed by atoms with van der Waals surface area (Å²) >= 11 is 3.14. The molecule has 1 unspecified atom stereocenters. The molecule has 0 aliphatic carbocycles. The molecule has 118 valence electrons. The first-order valence-corrected chi connectivity index (χ1v) is 7.36. The summed E-state index contributed by atoms with van der Waals surface area (Å²) in [6.45, 7) is 1.81. The van der Waals surface area contributed by atoms with Crippen LogP contribution < -0.4 is 10.6 Å². The van der Waals surface area contributed by atoms with Crippen LogP contribution in [0.5, 0.6) is 0 Å². The number of carbonyl (C=O) groups excluding carboxylic acids is 2. The minimum Gasteiger partial charge on any atom is -0.444 e. The molecule has 1 saturated heterocycles. The Labute approximate surface area is 138 Å². The Morgan fingerprint density at radius 1 is 1.52 bits per heavy atom. The number of rotatable bonds is 4. The van der Waals surface area contributed by atoms with Gasteiger partial charge in [-0.2, -0.15) is 0 Å². The van der Waals surface area contributed by atoms with Gasteiger partial charge in [-0.1, -0.05) is 0 Å². The maximum absolute atomic E-state index is 12.0. The fourth-order valence-electron chi connectivity index (χ4n) is 2.15. The molecule has 0 aromatic carbocycles. The molecule has 1 fully saturated rings. The SMILES string of the molecule is CN(CC(=O)NC1CCCNC1)C(=O)c1ccc(Br)o1.Cl. The van der Waals surface area contributed by atoms with Crippen LogP contribution in [0.3, 0.4) is 0 Å². The molecule has 6 nitrogen and oxygen atoms in total. The van der Waals surface area contributed by atoms with Crippen molar-refractivity contribution in [2.24, 2.45) is 0 Å². The van der Waals surface area contributed by atoms with Gasteiger partial charge in [0.25, 0.3) is 5.91 Å². The number of furan rings is 1. The molecule has 1 aromatic rings. The van der Waals surface area contributed by atoms with Crippen LogP contribution in [0.1, 0.15) is 23.4 Å². The van der Waals surface area contributed by atoms with Crippen molar-refractivity contribution >= 4 is 40.2 Å². The molecule has 0 radical (unpaired) electrons. The minimum absolute atomic E-state index is 0. The van der Waals surface area contributed by atoms with Crippen LogP contribution in [0.25, 0.3) is 0 Å². The van der Waals surface area contributed by atoms with Gasteiger partial charge >= 0.3 is 0 Å². The van der Waals surface area contributed by atoms with Gasteiger partial charge in [0.15, 0.2) is 10.4 Å². The average Bonchev–Trinajstić information content (AvgIpc) is 2.85. The second-order valence-corrected chi connectivity index (χ2v) is 5.66. The van der Waals surface area contributed by atoms with E-state index in [1.807, 2.05) is 0 Å². The fourth-order valence-corrected chi connectivity index (χ4v) is 2.46. The monoisotopic (exact) mass is 379 g/mol. The highest BCUT2D eigenvalue weighted by Gasteiger charge is 2.20. The first kappa shape index (κ1) is 18.0. The van der Waals surface area contributed by atoms with Crippen LogP contribution in [0, 0.1) is 0 Å². The summed E-state index contributed by atoms with van der Waals surface area (Å²) in [5.74, 6) is -0.251. The van der Waals surface area contributed by atoms with E-state index < -0.39 is 0 Å². The van der Waals surface area contributed by atoms with Crippen molar-refractivity contribution < 1.29 is 14.0 Å². The van der Waals surface area contributed by atoms with Crippen LogP contribution in [0.2, 0.25) is 0 Å². The summed E-state index contributed by atoms with van der Waals surface area (Å²) in [7, 11) is 1.58. The van der Waals surface area contributed by atoms with E-state index in [-0.39, 0.29) is 42.6 Å². The summed E-state index contributed by atoms with van der Waals surface area (Å²) in [5, 5.41) is 6.16. The summed E-state index contributed by atoms with van der Waals surface area (Å²) < 4.78 is 5.67. The molecule has 1 atom stereocenters. The lowest BCUT2D eigenvalue weighted by atomic mass is 10.1. The molecule has 2 amide bonds. The Hall–Kier alpha value is -1.05. The predicted molar refractivity (Wildman–Crippen MR) is 84.7 cm³/mol. The topological polar surface area (TPSA) is 74.6 Å².